The maximum Gasteiger partial charge on any atom is 0.259 e. The van der Waals surface area contributed by atoms with Gasteiger partial charge in [0.05, 0.1) is 17.8 Å². The van der Waals surface area contributed by atoms with Gasteiger partial charge in [-0.25, -0.2) is 0 Å². The highest BCUT2D eigenvalue weighted by Crippen LogP contribution is 2.42. The molecule has 5 heteroatoms. The molecule has 0 bridgehead atoms. The highest BCUT2D eigenvalue weighted by molar-refractivity contribution is 7.99. The molecule has 4 nitrogen and oxygen atoms in total. The van der Waals surface area contributed by atoms with E-state index in [9.17, 15) is 9.59 Å². The molecule has 1 saturated carbocycles. The van der Waals surface area contributed by atoms with E-state index in [1.54, 1.807) is 11.8 Å². The van der Waals surface area contributed by atoms with Crippen LogP contribution < -0.4 is 10.2 Å². The van der Waals surface area contributed by atoms with Gasteiger partial charge >= 0.3 is 0 Å². The van der Waals surface area contributed by atoms with Crippen molar-refractivity contribution in [3.8, 4) is 0 Å². The van der Waals surface area contributed by atoms with Gasteiger partial charge in [0.25, 0.3) is 11.8 Å². The van der Waals surface area contributed by atoms with Gasteiger partial charge in [0, 0.05) is 21.4 Å². The van der Waals surface area contributed by atoms with Gasteiger partial charge < -0.3 is 10.2 Å². The summed E-state index contributed by atoms with van der Waals surface area (Å²) in [7, 11) is 0. The van der Waals surface area contributed by atoms with Crippen LogP contribution in [0.25, 0.3) is 0 Å². The fourth-order valence-corrected chi connectivity index (χ4v) is 4.91. The number of nitrogens with one attached hydrogen (secondary N) is 1. The lowest BCUT2D eigenvalue weighted by Crippen LogP contribution is -2.31. The summed E-state index contributed by atoms with van der Waals surface area (Å²) in [5.41, 5.74) is 5.49. The third-order valence-corrected chi connectivity index (χ3v) is 6.98. The van der Waals surface area contributed by atoms with Crippen LogP contribution in [0.2, 0.25) is 0 Å². The Morgan fingerprint density at radius 2 is 1.84 bits per heavy atom. The molecule has 0 unspecified atom stereocenters. The van der Waals surface area contributed by atoms with E-state index in [0.717, 1.165) is 45.0 Å². The number of aryl methyl sites for hydroxylation is 2. The quantitative estimate of drug-likeness (QED) is 0.596. The average molecular weight is 429 g/mol. The van der Waals surface area contributed by atoms with Crippen molar-refractivity contribution in [1.29, 1.82) is 0 Å². The number of benzene rings is 3. The van der Waals surface area contributed by atoms with Crippen LogP contribution in [0.15, 0.2) is 70.5 Å². The zero-order valence-electron chi connectivity index (χ0n) is 17.6. The molecule has 2 aliphatic rings. The smallest absolute Gasteiger partial charge is 0.259 e. The van der Waals surface area contributed by atoms with E-state index < -0.39 is 0 Å². The molecule has 3 aromatic carbocycles. The summed E-state index contributed by atoms with van der Waals surface area (Å²) in [5.74, 6) is -0.112. The predicted octanol–water partition coefficient (Wildman–Crippen LogP) is 5.51. The minimum absolute atomic E-state index is 0.0393. The molecule has 31 heavy (non-hydrogen) atoms. The lowest BCUT2D eigenvalue weighted by Gasteiger charge is -2.25. The number of hydrogen-bond donors (Lipinski definition) is 1. The first-order valence-corrected chi connectivity index (χ1v) is 11.4. The summed E-state index contributed by atoms with van der Waals surface area (Å²) in [4.78, 5) is 30.1. The standard InChI is InChI=1S/C26H24N2O2S/c1-16-7-8-17(2)19(13-16)15-28-22-14-18(25(29)27-20-10-11-20)9-12-24(22)31-23-6-4-3-5-21(23)26(28)30/h3-9,12-14,20H,10-11,15H2,1-2H3,(H,27,29). The van der Waals surface area contributed by atoms with Crippen LogP contribution in [0.1, 0.15) is 50.2 Å². The van der Waals surface area contributed by atoms with Gasteiger partial charge in [-0.1, -0.05) is 47.7 Å². The Morgan fingerprint density at radius 1 is 1.03 bits per heavy atom. The van der Waals surface area contributed by atoms with Crippen molar-refractivity contribution in [2.45, 2.75) is 49.1 Å². The molecule has 0 aromatic heterocycles. The van der Waals surface area contributed by atoms with Crippen LogP contribution in [-0.4, -0.2) is 17.9 Å². The van der Waals surface area contributed by atoms with E-state index in [2.05, 4.69) is 37.4 Å². The monoisotopic (exact) mass is 428 g/mol. The maximum atomic E-state index is 13.7. The second-order valence-electron chi connectivity index (χ2n) is 8.35. The second kappa shape index (κ2) is 7.89. The van der Waals surface area contributed by atoms with Gasteiger partial charge in [-0.05, 0) is 68.1 Å². The van der Waals surface area contributed by atoms with Crippen molar-refractivity contribution >= 4 is 29.3 Å². The summed E-state index contributed by atoms with van der Waals surface area (Å²) in [6.45, 7) is 4.59. The molecular weight excluding hydrogens is 404 g/mol. The Kier molecular flexibility index (Phi) is 5.06. The first-order valence-electron chi connectivity index (χ1n) is 10.6. The van der Waals surface area contributed by atoms with Gasteiger partial charge in [-0.15, -0.1) is 0 Å². The molecule has 0 radical (unpaired) electrons. The maximum absolute atomic E-state index is 13.7. The first-order chi connectivity index (χ1) is 15.0. The number of carbonyl (C=O) groups excluding carboxylic acids is 2. The zero-order valence-corrected chi connectivity index (χ0v) is 18.5. The summed E-state index contributed by atoms with van der Waals surface area (Å²) in [6, 6.07) is 20.0. The molecule has 0 saturated heterocycles. The highest BCUT2D eigenvalue weighted by Gasteiger charge is 2.29. The lowest BCUT2D eigenvalue weighted by atomic mass is 10.0. The van der Waals surface area contributed by atoms with Crippen molar-refractivity contribution in [2.75, 3.05) is 4.90 Å². The molecule has 1 aliphatic heterocycles. The average Bonchev–Trinajstić information content (AvgIpc) is 3.59. The minimum atomic E-state index is -0.0730. The van der Waals surface area contributed by atoms with E-state index in [1.165, 1.54) is 0 Å². The molecule has 0 spiro atoms. The van der Waals surface area contributed by atoms with Crippen molar-refractivity contribution < 1.29 is 9.59 Å². The van der Waals surface area contributed by atoms with Crippen LogP contribution in [-0.2, 0) is 6.54 Å². The molecule has 1 N–H and O–H groups in total. The fraction of sp³-hybridized carbons (Fsp3) is 0.231. The first kappa shape index (κ1) is 19.9. The summed E-state index contributed by atoms with van der Waals surface area (Å²) in [6.07, 6.45) is 2.08. The topological polar surface area (TPSA) is 49.4 Å². The van der Waals surface area contributed by atoms with Crippen molar-refractivity contribution in [3.05, 3.63) is 88.5 Å². The second-order valence-corrected chi connectivity index (χ2v) is 9.43. The van der Waals surface area contributed by atoms with Gasteiger partial charge in [0.1, 0.15) is 0 Å². The van der Waals surface area contributed by atoms with Crippen LogP contribution >= 0.6 is 11.8 Å². The number of rotatable bonds is 4. The molecular formula is C26H24N2O2S. The molecule has 3 aromatic rings. The van der Waals surface area contributed by atoms with E-state index >= 15 is 0 Å². The Morgan fingerprint density at radius 3 is 2.65 bits per heavy atom. The van der Waals surface area contributed by atoms with Gasteiger partial charge in [-0.2, -0.15) is 0 Å². The molecule has 1 heterocycles. The summed E-state index contributed by atoms with van der Waals surface area (Å²) < 4.78 is 0. The number of fused-ring (bicyclic) bond motifs is 2. The van der Waals surface area contributed by atoms with E-state index in [1.807, 2.05) is 47.4 Å². The summed E-state index contributed by atoms with van der Waals surface area (Å²) in [5, 5.41) is 3.05. The van der Waals surface area contributed by atoms with Crippen LogP contribution in [0, 0.1) is 13.8 Å². The van der Waals surface area contributed by atoms with Crippen LogP contribution in [0.4, 0.5) is 5.69 Å². The van der Waals surface area contributed by atoms with Gasteiger partial charge in [-0.3, -0.25) is 9.59 Å². The van der Waals surface area contributed by atoms with Crippen molar-refractivity contribution in [3.63, 3.8) is 0 Å². The van der Waals surface area contributed by atoms with Crippen LogP contribution in [0.3, 0.4) is 0 Å². The zero-order chi connectivity index (χ0) is 21.5. The van der Waals surface area contributed by atoms with Crippen molar-refractivity contribution in [1.82, 2.24) is 5.32 Å². The van der Waals surface area contributed by atoms with E-state index in [-0.39, 0.29) is 17.9 Å². The number of hydrogen-bond acceptors (Lipinski definition) is 3. The predicted molar refractivity (Wildman–Crippen MR) is 124 cm³/mol. The molecule has 2 amide bonds. The number of anilines is 1. The van der Waals surface area contributed by atoms with E-state index in [4.69, 9.17) is 0 Å². The Bertz CT molecular complexity index is 1200. The Labute approximate surface area is 186 Å². The van der Waals surface area contributed by atoms with Crippen LogP contribution in [0.5, 0.6) is 0 Å². The molecule has 0 atom stereocenters. The van der Waals surface area contributed by atoms with Gasteiger partial charge in [0.2, 0.25) is 0 Å². The molecule has 156 valence electrons. The normalized spacial score (nSPS) is 15.2. The largest absolute Gasteiger partial charge is 0.349 e. The minimum Gasteiger partial charge on any atom is -0.349 e. The van der Waals surface area contributed by atoms with Crippen molar-refractivity contribution in [2.24, 2.45) is 0 Å². The number of amides is 2. The van der Waals surface area contributed by atoms with E-state index in [0.29, 0.717) is 17.7 Å². The molecule has 5 rings (SSSR count). The number of carbonyl (C=O) groups is 2. The molecule has 1 aliphatic carbocycles. The highest BCUT2D eigenvalue weighted by atomic mass is 32.2. The summed E-state index contributed by atoms with van der Waals surface area (Å²) >= 11 is 1.58. The van der Waals surface area contributed by atoms with Gasteiger partial charge in [0.15, 0.2) is 0 Å². The fourth-order valence-electron chi connectivity index (χ4n) is 3.86. The third kappa shape index (κ3) is 3.98. The molecule has 1 fully saturated rings. The third-order valence-electron chi connectivity index (χ3n) is 5.84. The lowest BCUT2D eigenvalue weighted by molar-refractivity contribution is 0.0947. The SMILES string of the molecule is Cc1ccc(C)c(CN2C(=O)c3ccccc3Sc3ccc(C(=O)NC4CC4)cc32)c1. The Balaban J connectivity index is 1.61. The number of nitrogens with zero attached hydrogens (tertiary/aromatic N) is 1. The Hall–Kier alpha value is -3.05.